The minimum atomic E-state index is -4.30. The minimum absolute atomic E-state index is 0.604. The molecule has 3 aromatic rings. The molecule has 0 unspecified atom stereocenters. The van der Waals surface area contributed by atoms with Gasteiger partial charge in [0.25, 0.3) is 0 Å². The van der Waals surface area contributed by atoms with Crippen molar-refractivity contribution < 1.29 is 13.2 Å². The fourth-order valence-electron chi connectivity index (χ4n) is 3.72. The Morgan fingerprint density at radius 1 is 1.04 bits per heavy atom. The molecule has 1 saturated heterocycles. The van der Waals surface area contributed by atoms with E-state index in [2.05, 4.69) is 23.1 Å². The summed E-state index contributed by atoms with van der Waals surface area (Å²) >= 11 is 1.72. The summed E-state index contributed by atoms with van der Waals surface area (Å²) in [5.74, 6) is 0. The molecule has 1 fully saturated rings. The Kier molecular flexibility index (Phi) is 4.99. The van der Waals surface area contributed by atoms with Gasteiger partial charge >= 0.3 is 6.18 Å². The number of benzene rings is 2. The topological polar surface area (TPSA) is 3.24 Å². The molecule has 1 aliphatic rings. The Balaban J connectivity index is 1.57. The minimum Gasteiger partial charge on any atom is -0.303 e. The molecule has 5 heteroatoms. The van der Waals surface area contributed by atoms with Crippen LogP contribution < -0.4 is 0 Å². The number of likely N-dealkylation sites (tertiary alicyclic amines) is 1. The molecular weight excluding hydrogens is 367 g/mol. The predicted octanol–water partition coefficient (Wildman–Crippen LogP) is 6.53. The van der Waals surface area contributed by atoms with Crippen LogP contribution in [0.4, 0.5) is 13.2 Å². The van der Waals surface area contributed by atoms with Crippen molar-refractivity contribution >= 4 is 21.4 Å². The molecule has 2 heterocycles. The molecule has 1 nitrogen and oxygen atoms in total. The van der Waals surface area contributed by atoms with Gasteiger partial charge in [0.05, 0.1) is 5.56 Å². The van der Waals surface area contributed by atoms with Crippen LogP contribution >= 0.6 is 11.3 Å². The maximum Gasteiger partial charge on any atom is 0.416 e. The zero-order valence-corrected chi connectivity index (χ0v) is 16.1. The summed E-state index contributed by atoms with van der Waals surface area (Å²) in [5.41, 5.74) is 2.63. The quantitative estimate of drug-likeness (QED) is 0.479. The summed E-state index contributed by atoms with van der Waals surface area (Å²) in [5, 5.41) is 1.13. The molecule has 0 radical (unpaired) electrons. The molecule has 4 rings (SSSR count). The van der Waals surface area contributed by atoms with Crippen molar-refractivity contribution in [3.63, 3.8) is 0 Å². The average Bonchev–Trinajstić information content (AvgIpc) is 2.91. The highest BCUT2D eigenvalue weighted by Gasteiger charge is 2.30. The smallest absolute Gasteiger partial charge is 0.303 e. The van der Waals surface area contributed by atoms with Gasteiger partial charge in [0.15, 0.2) is 0 Å². The van der Waals surface area contributed by atoms with Crippen molar-refractivity contribution in [3.8, 4) is 11.1 Å². The Morgan fingerprint density at radius 3 is 2.41 bits per heavy atom. The lowest BCUT2D eigenvalue weighted by Crippen LogP contribution is -2.37. The van der Waals surface area contributed by atoms with Gasteiger partial charge in [-0.15, -0.1) is 11.3 Å². The molecule has 27 heavy (non-hydrogen) atoms. The maximum absolute atomic E-state index is 12.8. The van der Waals surface area contributed by atoms with Crippen molar-refractivity contribution in [3.05, 3.63) is 58.5 Å². The number of hydrogen-bond donors (Lipinski definition) is 0. The van der Waals surface area contributed by atoms with Gasteiger partial charge in [0, 0.05) is 20.5 Å². The molecule has 1 aromatic heterocycles. The molecule has 0 bridgehead atoms. The van der Waals surface area contributed by atoms with Gasteiger partial charge in [0.2, 0.25) is 0 Å². The molecule has 0 aliphatic carbocycles. The molecule has 142 valence electrons. The Labute approximate surface area is 161 Å². The van der Waals surface area contributed by atoms with Crippen molar-refractivity contribution in [1.29, 1.82) is 0 Å². The van der Waals surface area contributed by atoms with Crippen molar-refractivity contribution in [2.75, 3.05) is 19.6 Å². The van der Waals surface area contributed by atoms with Gasteiger partial charge in [-0.2, -0.15) is 13.2 Å². The third-order valence-electron chi connectivity index (χ3n) is 5.32. The van der Waals surface area contributed by atoms with Crippen molar-refractivity contribution in [2.24, 2.45) is 0 Å². The first-order valence-electron chi connectivity index (χ1n) is 9.34. The molecule has 1 aliphatic heterocycles. The van der Waals surface area contributed by atoms with E-state index < -0.39 is 11.7 Å². The van der Waals surface area contributed by atoms with E-state index in [1.807, 2.05) is 6.92 Å². The van der Waals surface area contributed by atoms with Gasteiger partial charge in [-0.3, -0.25) is 0 Å². The molecule has 2 aromatic carbocycles. The summed E-state index contributed by atoms with van der Waals surface area (Å²) in [4.78, 5) is 3.62. The largest absolute Gasteiger partial charge is 0.416 e. The lowest BCUT2D eigenvalue weighted by molar-refractivity contribution is -0.137. The van der Waals surface area contributed by atoms with Crippen LogP contribution in [0.25, 0.3) is 21.2 Å². The van der Waals surface area contributed by atoms with Crippen LogP contribution in [0.1, 0.15) is 28.8 Å². The maximum atomic E-state index is 12.8. The number of alkyl halides is 3. The normalized spacial score (nSPS) is 15.3. The number of rotatable bonds is 5. The van der Waals surface area contributed by atoms with E-state index in [1.54, 1.807) is 23.5 Å². The first kappa shape index (κ1) is 18.5. The van der Waals surface area contributed by atoms with E-state index in [1.165, 1.54) is 48.3 Å². The van der Waals surface area contributed by atoms with Crippen molar-refractivity contribution in [1.82, 2.24) is 4.90 Å². The van der Waals surface area contributed by atoms with Crippen LogP contribution in [0.2, 0.25) is 0 Å². The summed E-state index contributed by atoms with van der Waals surface area (Å²) in [7, 11) is 0. The monoisotopic (exact) mass is 389 g/mol. The van der Waals surface area contributed by atoms with Gasteiger partial charge in [0.1, 0.15) is 0 Å². The van der Waals surface area contributed by atoms with E-state index in [4.69, 9.17) is 0 Å². The summed E-state index contributed by atoms with van der Waals surface area (Å²) in [6.45, 7) is 5.68. The Morgan fingerprint density at radius 2 is 1.78 bits per heavy atom. The first-order chi connectivity index (χ1) is 12.9. The van der Waals surface area contributed by atoms with Gasteiger partial charge in [-0.05, 0) is 75.1 Å². The van der Waals surface area contributed by atoms with Crippen LogP contribution in [-0.2, 0) is 12.6 Å². The highest BCUT2D eigenvalue weighted by molar-refractivity contribution is 7.19. The van der Waals surface area contributed by atoms with Gasteiger partial charge < -0.3 is 4.90 Å². The highest BCUT2D eigenvalue weighted by Crippen LogP contribution is 2.40. The van der Waals surface area contributed by atoms with E-state index in [9.17, 15) is 13.2 Å². The number of halogens is 3. The van der Waals surface area contributed by atoms with Crippen LogP contribution in [0, 0.1) is 6.92 Å². The van der Waals surface area contributed by atoms with Crippen LogP contribution in [0.5, 0.6) is 0 Å². The van der Waals surface area contributed by atoms with Crippen LogP contribution in [0.3, 0.4) is 0 Å². The third-order valence-corrected chi connectivity index (χ3v) is 6.39. The third kappa shape index (κ3) is 3.90. The average molecular weight is 389 g/mol. The zero-order valence-electron chi connectivity index (χ0n) is 15.3. The van der Waals surface area contributed by atoms with Gasteiger partial charge in [-0.1, -0.05) is 24.3 Å². The zero-order chi connectivity index (χ0) is 19.0. The Hall–Kier alpha value is -1.85. The van der Waals surface area contributed by atoms with E-state index in [0.717, 1.165) is 34.4 Å². The number of thiophene rings is 1. The van der Waals surface area contributed by atoms with Crippen molar-refractivity contribution in [2.45, 2.75) is 32.4 Å². The second-order valence-corrected chi connectivity index (χ2v) is 8.49. The lowest BCUT2D eigenvalue weighted by atomic mass is 9.99. The second-order valence-electron chi connectivity index (χ2n) is 7.24. The summed E-state index contributed by atoms with van der Waals surface area (Å²) in [6, 6.07) is 12.0. The number of aryl methyl sites for hydroxylation is 2. The van der Waals surface area contributed by atoms with Gasteiger partial charge in [-0.25, -0.2) is 0 Å². The summed E-state index contributed by atoms with van der Waals surface area (Å²) in [6.07, 6.45) is -0.733. The highest BCUT2D eigenvalue weighted by atomic mass is 32.1. The molecule has 0 amide bonds. The standard InChI is InChI=1S/C22H22F3NS/c1-15-21(17-6-8-18(9-7-17)22(23,24)25)19-10-5-16(14-20(19)27-15)4-2-11-26-12-3-13-26/h5-10,14H,2-4,11-13H2,1H3. The number of nitrogens with zero attached hydrogens (tertiary/aromatic N) is 1. The summed E-state index contributed by atoms with van der Waals surface area (Å²) < 4.78 is 39.7. The fraction of sp³-hybridized carbons (Fsp3) is 0.364. The van der Waals surface area contributed by atoms with E-state index in [0.29, 0.717) is 0 Å². The molecule has 0 spiro atoms. The van der Waals surface area contributed by atoms with Crippen LogP contribution in [-0.4, -0.2) is 24.5 Å². The molecular formula is C22H22F3NS. The Bertz CT molecular complexity index is 937. The molecule has 0 atom stereocenters. The number of hydrogen-bond acceptors (Lipinski definition) is 2. The fourth-order valence-corrected chi connectivity index (χ4v) is 4.87. The number of fused-ring (bicyclic) bond motifs is 1. The SMILES string of the molecule is Cc1sc2cc(CCCN3CCC3)ccc2c1-c1ccc(C(F)(F)F)cc1. The van der Waals surface area contributed by atoms with E-state index in [-0.39, 0.29) is 0 Å². The second kappa shape index (κ2) is 7.28. The molecule has 0 saturated carbocycles. The first-order valence-corrected chi connectivity index (χ1v) is 10.2. The van der Waals surface area contributed by atoms with Crippen LogP contribution in [0.15, 0.2) is 42.5 Å². The molecule has 0 N–H and O–H groups in total. The van der Waals surface area contributed by atoms with E-state index >= 15 is 0 Å². The predicted molar refractivity (Wildman–Crippen MR) is 106 cm³/mol. The lowest BCUT2D eigenvalue weighted by Gasteiger charge is -2.30.